The zero-order chi connectivity index (χ0) is 20.4. The van der Waals surface area contributed by atoms with E-state index < -0.39 is 4.92 Å². The smallest absolute Gasteiger partial charge is 0.334 e. The van der Waals surface area contributed by atoms with Gasteiger partial charge in [-0.3, -0.25) is 15.1 Å². The Labute approximate surface area is 168 Å². The lowest BCUT2D eigenvalue weighted by Gasteiger charge is -2.16. The Bertz CT molecular complexity index is 1170. The first-order chi connectivity index (χ1) is 14.0. The van der Waals surface area contributed by atoms with Gasteiger partial charge in [-0.2, -0.15) is 0 Å². The first kappa shape index (κ1) is 18.8. The van der Waals surface area contributed by atoms with Crippen LogP contribution in [0.1, 0.15) is 34.2 Å². The minimum Gasteiger partial charge on any atom is -0.354 e. The van der Waals surface area contributed by atoms with Crippen molar-refractivity contribution in [1.82, 2.24) is 10.1 Å². The molecule has 0 fully saturated rings. The van der Waals surface area contributed by atoms with Crippen molar-refractivity contribution in [2.45, 2.75) is 32.6 Å². The van der Waals surface area contributed by atoms with Crippen molar-refractivity contribution in [2.75, 3.05) is 0 Å². The van der Waals surface area contributed by atoms with Crippen molar-refractivity contribution < 1.29 is 9.45 Å². The molecule has 0 bridgehead atoms. The maximum atomic E-state index is 11.5. The van der Waals surface area contributed by atoms with Crippen LogP contribution in [0.4, 0.5) is 5.69 Å². The molecule has 0 radical (unpaired) electrons. The van der Waals surface area contributed by atoms with Gasteiger partial charge in [0.2, 0.25) is 5.76 Å². The molecule has 0 amide bonds. The van der Waals surface area contributed by atoms with E-state index in [2.05, 4.69) is 35.5 Å². The number of benzene rings is 2. The second kappa shape index (κ2) is 7.83. The molecule has 2 aromatic carbocycles. The standard InChI is InChI=1S/C23H21N3O3/c1-15-7-9-17(10-8-15)19(14-22-23(26(27)28)16(2)25-29-22)13-20-12-11-18-5-3-4-6-21(18)24-20/h3-12,19H,13-14H2,1-2H3. The Kier molecular flexibility index (Phi) is 5.08. The van der Waals surface area contributed by atoms with Gasteiger partial charge in [0.15, 0.2) is 5.69 Å². The number of nitro groups is 1. The molecule has 0 saturated heterocycles. The van der Waals surface area contributed by atoms with E-state index in [1.54, 1.807) is 6.92 Å². The summed E-state index contributed by atoms with van der Waals surface area (Å²) < 4.78 is 5.33. The average Bonchev–Trinajstić information content (AvgIpc) is 3.08. The largest absolute Gasteiger partial charge is 0.354 e. The van der Waals surface area contributed by atoms with Gasteiger partial charge in [-0.15, -0.1) is 0 Å². The van der Waals surface area contributed by atoms with E-state index >= 15 is 0 Å². The summed E-state index contributed by atoms with van der Waals surface area (Å²) in [5.74, 6) is 0.286. The normalized spacial score (nSPS) is 12.2. The van der Waals surface area contributed by atoms with Crippen LogP contribution in [0.15, 0.2) is 65.2 Å². The molecule has 146 valence electrons. The quantitative estimate of drug-likeness (QED) is 0.330. The lowest BCUT2D eigenvalue weighted by molar-refractivity contribution is -0.386. The van der Waals surface area contributed by atoms with Gasteiger partial charge in [-0.05, 0) is 43.9 Å². The molecular formula is C23H21N3O3. The minimum absolute atomic E-state index is 0.0182. The highest BCUT2D eigenvalue weighted by Crippen LogP contribution is 2.31. The molecule has 1 unspecified atom stereocenters. The van der Waals surface area contributed by atoms with Crippen LogP contribution in [-0.2, 0) is 12.8 Å². The second-order valence-corrected chi connectivity index (χ2v) is 7.31. The SMILES string of the molecule is Cc1ccc(C(Cc2ccc3ccccc3n2)Cc2onc(C)c2[N+](=O)[O-])cc1. The van der Waals surface area contributed by atoms with Gasteiger partial charge in [0.1, 0.15) is 0 Å². The van der Waals surface area contributed by atoms with E-state index in [1.807, 2.05) is 37.3 Å². The Morgan fingerprint density at radius 2 is 1.76 bits per heavy atom. The molecule has 1 atom stereocenters. The Balaban J connectivity index is 1.70. The zero-order valence-corrected chi connectivity index (χ0v) is 16.3. The van der Waals surface area contributed by atoms with E-state index in [9.17, 15) is 10.1 Å². The van der Waals surface area contributed by atoms with Crippen molar-refractivity contribution in [1.29, 1.82) is 0 Å². The molecule has 2 aromatic heterocycles. The number of rotatable bonds is 6. The van der Waals surface area contributed by atoms with E-state index in [0.717, 1.165) is 27.7 Å². The number of aryl methyl sites for hydroxylation is 2. The molecule has 6 nitrogen and oxygen atoms in total. The minimum atomic E-state index is -0.415. The Hall–Kier alpha value is -3.54. The van der Waals surface area contributed by atoms with E-state index in [-0.39, 0.29) is 11.6 Å². The topological polar surface area (TPSA) is 82.1 Å². The van der Waals surface area contributed by atoms with Crippen molar-refractivity contribution in [3.63, 3.8) is 0 Å². The monoisotopic (exact) mass is 387 g/mol. The molecule has 0 aliphatic heterocycles. The van der Waals surface area contributed by atoms with Gasteiger partial charge in [0, 0.05) is 17.5 Å². The van der Waals surface area contributed by atoms with Crippen LogP contribution in [-0.4, -0.2) is 15.1 Å². The van der Waals surface area contributed by atoms with E-state index in [4.69, 9.17) is 9.51 Å². The average molecular weight is 387 g/mol. The third-order valence-electron chi connectivity index (χ3n) is 5.17. The fourth-order valence-electron chi connectivity index (χ4n) is 3.62. The number of fused-ring (bicyclic) bond motifs is 1. The lowest BCUT2D eigenvalue weighted by atomic mass is 9.89. The van der Waals surface area contributed by atoms with Crippen LogP contribution in [0.25, 0.3) is 10.9 Å². The molecule has 0 saturated carbocycles. The Morgan fingerprint density at radius 1 is 1.00 bits per heavy atom. The molecule has 29 heavy (non-hydrogen) atoms. The van der Waals surface area contributed by atoms with E-state index in [1.165, 1.54) is 0 Å². The fourth-order valence-corrected chi connectivity index (χ4v) is 3.62. The van der Waals surface area contributed by atoms with Crippen molar-refractivity contribution >= 4 is 16.6 Å². The van der Waals surface area contributed by atoms with E-state index in [0.29, 0.717) is 24.3 Å². The van der Waals surface area contributed by atoms with Crippen molar-refractivity contribution in [3.8, 4) is 0 Å². The summed E-state index contributed by atoms with van der Waals surface area (Å²) in [6, 6.07) is 20.3. The predicted molar refractivity (Wildman–Crippen MR) is 111 cm³/mol. The number of pyridine rings is 1. The van der Waals surface area contributed by atoms with Crippen molar-refractivity contribution in [2.24, 2.45) is 0 Å². The number of hydrogen-bond acceptors (Lipinski definition) is 5. The molecule has 6 heteroatoms. The van der Waals surface area contributed by atoms with Gasteiger partial charge >= 0.3 is 5.69 Å². The summed E-state index contributed by atoms with van der Waals surface area (Å²) in [6.45, 7) is 3.63. The van der Waals surface area contributed by atoms with Gasteiger partial charge in [-0.1, -0.05) is 59.3 Å². The molecule has 0 aliphatic carbocycles. The van der Waals surface area contributed by atoms with Crippen LogP contribution in [0.2, 0.25) is 0 Å². The van der Waals surface area contributed by atoms with Gasteiger partial charge in [0.25, 0.3) is 0 Å². The van der Waals surface area contributed by atoms with Gasteiger partial charge in [-0.25, -0.2) is 0 Å². The molecule has 0 aliphatic rings. The first-order valence-electron chi connectivity index (χ1n) is 9.52. The summed E-state index contributed by atoms with van der Waals surface area (Å²) in [5, 5.41) is 16.4. The van der Waals surface area contributed by atoms with Crippen LogP contribution >= 0.6 is 0 Å². The summed E-state index contributed by atoms with van der Waals surface area (Å²) in [5.41, 5.74) is 4.40. The molecular weight excluding hydrogens is 366 g/mol. The zero-order valence-electron chi connectivity index (χ0n) is 16.3. The summed E-state index contributed by atoms with van der Waals surface area (Å²) >= 11 is 0. The van der Waals surface area contributed by atoms with Crippen LogP contribution < -0.4 is 0 Å². The fraction of sp³-hybridized carbons (Fsp3) is 0.217. The van der Waals surface area contributed by atoms with Gasteiger partial charge < -0.3 is 4.52 Å². The van der Waals surface area contributed by atoms with Crippen LogP contribution in [0.3, 0.4) is 0 Å². The summed E-state index contributed by atoms with van der Waals surface area (Å²) in [7, 11) is 0. The third-order valence-corrected chi connectivity index (χ3v) is 5.17. The Morgan fingerprint density at radius 3 is 2.52 bits per heavy atom. The molecule has 0 N–H and O–H groups in total. The van der Waals surface area contributed by atoms with Crippen LogP contribution in [0.5, 0.6) is 0 Å². The highest BCUT2D eigenvalue weighted by molar-refractivity contribution is 5.78. The third kappa shape index (κ3) is 4.01. The second-order valence-electron chi connectivity index (χ2n) is 7.31. The summed E-state index contributed by atoms with van der Waals surface area (Å²) in [4.78, 5) is 15.8. The molecule has 0 spiro atoms. The molecule has 4 rings (SSSR count). The highest BCUT2D eigenvalue weighted by atomic mass is 16.6. The number of hydrogen-bond donors (Lipinski definition) is 0. The lowest BCUT2D eigenvalue weighted by Crippen LogP contribution is -2.09. The maximum absolute atomic E-state index is 11.5. The number of para-hydroxylation sites is 1. The highest BCUT2D eigenvalue weighted by Gasteiger charge is 2.27. The molecule has 4 aromatic rings. The first-order valence-corrected chi connectivity index (χ1v) is 9.52. The van der Waals surface area contributed by atoms with Gasteiger partial charge in [0.05, 0.1) is 10.4 Å². The van der Waals surface area contributed by atoms with Crippen LogP contribution in [0, 0.1) is 24.0 Å². The maximum Gasteiger partial charge on any atom is 0.334 e. The summed E-state index contributed by atoms with van der Waals surface area (Å²) in [6.07, 6.45) is 1.03. The molecule has 2 heterocycles. The predicted octanol–water partition coefficient (Wildman–Crippen LogP) is 5.32. The van der Waals surface area contributed by atoms with Crippen molar-refractivity contribution in [3.05, 3.63) is 99.1 Å². The number of nitrogens with zero attached hydrogens (tertiary/aromatic N) is 3. The number of aromatic nitrogens is 2.